The average molecular weight is 212 g/mol. The molecule has 0 spiro atoms. The molecule has 1 aromatic heterocycles. The Bertz CT molecular complexity index is 410. The van der Waals surface area contributed by atoms with Gasteiger partial charge in [-0.25, -0.2) is 4.98 Å². The van der Waals surface area contributed by atoms with Crippen LogP contribution in [0.5, 0.6) is 0 Å². The number of hydrogen-bond acceptors (Lipinski definition) is 1. The number of rotatable bonds is 1. The smallest absolute Gasteiger partial charge is 0.181 e. The standard InChI is InChI=1S/C9H5Cl2N2/c10-7-2-1-3-8(9(7)11)13-5-4-12-6-13/h1-5H. The van der Waals surface area contributed by atoms with Crippen LogP contribution in [0.3, 0.4) is 0 Å². The third-order valence-electron chi connectivity index (χ3n) is 1.65. The maximum absolute atomic E-state index is 5.98. The van der Waals surface area contributed by atoms with Crippen molar-refractivity contribution < 1.29 is 0 Å². The van der Waals surface area contributed by atoms with Gasteiger partial charge < -0.3 is 0 Å². The first-order chi connectivity index (χ1) is 6.29. The van der Waals surface area contributed by atoms with Gasteiger partial charge in [0.15, 0.2) is 6.33 Å². The molecule has 4 heteroatoms. The number of benzene rings is 1. The molecule has 2 aromatic rings. The van der Waals surface area contributed by atoms with Gasteiger partial charge in [-0.1, -0.05) is 29.3 Å². The van der Waals surface area contributed by atoms with E-state index in [2.05, 4.69) is 11.3 Å². The van der Waals surface area contributed by atoms with Gasteiger partial charge in [-0.3, -0.25) is 4.57 Å². The van der Waals surface area contributed by atoms with Gasteiger partial charge in [-0.2, -0.15) is 0 Å². The molecule has 13 heavy (non-hydrogen) atoms. The third kappa shape index (κ3) is 1.55. The van der Waals surface area contributed by atoms with Gasteiger partial charge in [0.2, 0.25) is 0 Å². The molecule has 0 N–H and O–H groups in total. The first-order valence-electron chi connectivity index (χ1n) is 3.64. The Labute approximate surface area is 85.7 Å². The van der Waals surface area contributed by atoms with Crippen LogP contribution < -0.4 is 0 Å². The minimum atomic E-state index is 0.512. The zero-order valence-electron chi connectivity index (χ0n) is 6.54. The minimum Gasteiger partial charge on any atom is -0.296 e. The molecule has 0 saturated heterocycles. The molecule has 0 aliphatic heterocycles. The van der Waals surface area contributed by atoms with Crippen LogP contribution in [-0.2, 0) is 0 Å². The van der Waals surface area contributed by atoms with Gasteiger partial charge in [-0.05, 0) is 12.1 Å². The van der Waals surface area contributed by atoms with Gasteiger partial charge in [-0.15, -0.1) is 0 Å². The van der Waals surface area contributed by atoms with E-state index in [1.165, 1.54) is 0 Å². The third-order valence-corrected chi connectivity index (χ3v) is 2.46. The lowest BCUT2D eigenvalue weighted by atomic mass is 10.3. The van der Waals surface area contributed by atoms with Crippen molar-refractivity contribution in [1.82, 2.24) is 9.55 Å². The topological polar surface area (TPSA) is 17.8 Å². The molecule has 0 aliphatic rings. The van der Waals surface area contributed by atoms with Crippen molar-refractivity contribution in [2.75, 3.05) is 0 Å². The fourth-order valence-corrected chi connectivity index (χ4v) is 1.43. The second-order valence-electron chi connectivity index (χ2n) is 2.47. The lowest BCUT2D eigenvalue weighted by Gasteiger charge is -2.04. The van der Waals surface area contributed by atoms with Gasteiger partial charge >= 0.3 is 0 Å². The number of imidazole rings is 1. The van der Waals surface area contributed by atoms with Crippen LogP contribution in [0.2, 0.25) is 10.0 Å². The highest BCUT2D eigenvalue weighted by Gasteiger charge is 2.04. The molecule has 2 rings (SSSR count). The van der Waals surface area contributed by atoms with Crippen molar-refractivity contribution in [3.8, 4) is 5.69 Å². The first kappa shape index (κ1) is 8.60. The molecule has 0 amide bonds. The fourth-order valence-electron chi connectivity index (χ4n) is 1.04. The van der Waals surface area contributed by atoms with Crippen LogP contribution in [0.4, 0.5) is 0 Å². The molecular formula is C9H5Cl2N2. The zero-order valence-corrected chi connectivity index (χ0v) is 8.05. The van der Waals surface area contributed by atoms with E-state index in [4.69, 9.17) is 23.2 Å². The van der Waals surface area contributed by atoms with Crippen LogP contribution in [0.15, 0.2) is 30.6 Å². The SMILES string of the molecule is Clc1cccc(-n2[c]ncc2)c1Cl. The minimum absolute atomic E-state index is 0.512. The summed E-state index contributed by atoms with van der Waals surface area (Å²) in [6.45, 7) is 0. The Hall–Kier alpha value is -0.990. The van der Waals surface area contributed by atoms with Gasteiger partial charge in [0.25, 0.3) is 0 Å². The van der Waals surface area contributed by atoms with Gasteiger partial charge in [0.1, 0.15) is 0 Å². The first-order valence-corrected chi connectivity index (χ1v) is 4.40. The summed E-state index contributed by atoms with van der Waals surface area (Å²) >= 11 is 11.8. The summed E-state index contributed by atoms with van der Waals surface area (Å²) in [5, 5.41) is 1.04. The number of halogens is 2. The van der Waals surface area contributed by atoms with Crippen molar-refractivity contribution in [3.63, 3.8) is 0 Å². The molecule has 0 atom stereocenters. The van der Waals surface area contributed by atoms with Gasteiger partial charge in [0.05, 0.1) is 15.7 Å². The summed E-state index contributed by atoms with van der Waals surface area (Å²) in [6, 6.07) is 5.42. The highest BCUT2D eigenvalue weighted by molar-refractivity contribution is 6.43. The lowest BCUT2D eigenvalue weighted by Crippen LogP contribution is -1.91. The second-order valence-corrected chi connectivity index (χ2v) is 3.26. The highest BCUT2D eigenvalue weighted by atomic mass is 35.5. The van der Waals surface area contributed by atoms with Crippen molar-refractivity contribution in [2.24, 2.45) is 0 Å². The Morgan fingerprint density at radius 1 is 1.31 bits per heavy atom. The Balaban J connectivity index is 2.59. The van der Waals surface area contributed by atoms with Crippen LogP contribution in [0.25, 0.3) is 5.69 Å². The van der Waals surface area contributed by atoms with Crippen LogP contribution in [-0.4, -0.2) is 9.55 Å². The zero-order chi connectivity index (χ0) is 9.26. The predicted octanol–water partition coefficient (Wildman–Crippen LogP) is 2.98. The van der Waals surface area contributed by atoms with E-state index in [1.54, 1.807) is 23.0 Å². The van der Waals surface area contributed by atoms with Crippen molar-refractivity contribution >= 4 is 23.2 Å². The lowest BCUT2D eigenvalue weighted by molar-refractivity contribution is 1.04. The Morgan fingerprint density at radius 3 is 2.85 bits per heavy atom. The van der Waals surface area contributed by atoms with E-state index in [1.807, 2.05) is 12.1 Å². The average Bonchev–Trinajstić information content (AvgIpc) is 2.62. The second kappa shape index (κ2) is 3.40. The van der Waals surface area contributed by atoms with Crippen LogP contribution >= 0.6 is 23.2 Å². The molecule has 0 saturated carbocycles. The highest BCUT2D eigenvalue weighted by Crippen LogP contribution is 2.27. The molecule has 1 heterocycles. The maximum Gasteiger partial charge on any atom is 0.181 e. The van der Waals surface area contributed by atoms with E-state index >= 15 is 0 Å². The normalized spacial score (nSPS) is 10.3. The molecule has 65 valence electrons. The molecule has 0 aliphatic carbocycles. The van der Waals surface area contributed by atoms with Gasteiger partial charge in [0, 0.05) is 12.4 Å². The number of nitrogens with zero attached hydrogens (tertiary/aromatic N) is 2. The monoisotopic (exact) mass is 211 g/mol. The largest absolute Gasteiger partial charge is 0.296 e. The fraction of sp³-hybridized carbons (Fsp3) is 0. The maximum atomic E-state index is 5.98. The summed E-state index contributed by atoms with van der Waals surface area (Å²) in [6.07, 6.45) is 6.14. The van der Waals surface area contributed by atoms with E-state index in [-0.39, 0.29) is 0 Å². The molecule has 0 unspecified atom stereocenters. The predicted molar refractivity (Wildman–Crippen MR) is 52.4 cm³/mol. The Kier molecular flexibility index (Phi) is 2.25. The molecule has 2 nitrogen and oxygen atoms in total. The van der Waals surface area contributed by atoms with E-state index in [9.17, 15) is 0 Å². The molecule has 1 aromatic carbocycles. The quantitative estimate of drug-likeness (QED) is 0.710. The summed E-state index contributed by atoms with van der Waals surface area (Å²) in [4.78, 5) is 3.81. The van der Waals surface area contributed by atoms with E-state index in [0.29, 0.717) is 10.0 Å². The summed E-state index contributed by atoms with van der Waals surface area (Å²) < 4.78 is 1.69. The molecular weight excluding hydrogens is 207 g/mol. The summed E-state index contributed by atoms with van der Waals surface area (Å²) in [5.41, 5.74) is 0.784. The molecule has 0 bridgehead atoms. The van der Waals surface area contributed by atoms with E-state index < -0.39 is 0 Å². The summed E-state index contributed by atoms with van der Waals surface area (Å²) in [7, 11) is 0. The Morgan fingerprint density at radius 2 is 2.15 bits per heavy atom. The molecule has 1 radical (unpaired) electrons. The molecule has 0 fully saturated rings. The van der Waals surface area contributed by atoms with Crippen molar-refractivity contribution in [3.05, 3.63) is 47.0 Å². The van der Waals surface area contributed by atoms with Crippen LogP contribution in [0, 0.1) is 6.33 Å². The van der Waals surface area contributed by atoms with Crippen LogP contribution in [0.1, 0.15) is 0 Å². The van der Waals surface area contributed by atoms with Crippen molar-refractivity contribution in [1.29, 1.82) is 0 Å². The number of aromatic nitrogens is 2. The van der Waals surface area contributed by atoms with E-state index in [0.717, 1.165) is 5.69 Å². The van der Waals surface area contributed by atoms with Crippen molar-refractivity contribution in [2.45, 2.75) is 0 Å². The number of hydrogen-bond donors (Lipinski definition) is 0. The summed E-state index contributed by atoms with van der Waals surface area (Å²) in [5.74, 6) is 0.